The summed E-state index contributed by atoms with van der Waals surface area (Å²) < 4.78 is 36.1. The van der Waals surface area contributed by atoms with Gasteiger partial charge in [-0.25, -0.2) is 8.78 Å². The summed E-state index contributed by atoms with van der Waals surface area (Å²) in [7, 11) is 1.48. The van der Waals surface area contributed by atoms with Crippen molar-refractivity contribution in [2.24, 2.45) is 0 Å². The Kier molecular flexibility index (Phi) is 4.78. The molecule has 1 aromatic carbocycles. The molecule has 1 rings (SSSR count). The number of ether oxygens (including phenoxy) is 2. The van der Waals surface area contributed by atoms with Crippen LogP contribution in [0.3, 0.4) is 0 Å². The van der Waals surface area contributed by atoms with E-state index in [1.807, 2.05) is 0 Å². The van der Waals surface area contributed by atoms with Crippen LogP contribution in [0.2, 0.25) is 0 Å². The van der Waals surface area contributed by atoms with Crippen molar-refractivity contribution in [2.75, 3.05) is 20.3 Å². The van der Waals surface area contributed by atoms with Crippen molar-refractivity contribution in [1.82, 2.24) is 0 Å². The van der Waals surface area contributed by atoms with Crippen molar-refractivity contribution >= 4 is 11.6 Å². The minimum Gasteiger partial charge on any atom is -0.485 e. The molecule has 0 unspecified atom stereocenters. The largest absolute Gasteiger partial charge is 0.485 e. The minimum absolute atomic E-state index is 0.0617. The third-order valence-electron chi connectivity index (χ3n) is 1.75. The summed E-state index contributed by atoms with van der Waals surface area (Å²) in [4.78, 5) is 0. The Bertz CT molecular complexity index is 308. The van der Waals surface area contributed by atoms with Crippen LogP contribution in [0.1, 0.15) is 5.56 Å². The van der Waals surface area contributed by atoms with E-state index < -0.39 is 11.6 Å². The molecular weight excluding hydrogens is 226 g/mol. The first kappa shape index (κ1) is 12.2. The summed E-state index contributed by atoms with van der Waals surface area (Å²) in [6, 6.07) is 2.30. The number of benzene rings is 1. The number of alkyl halides is 1. The Morgan fingerprint density at radius 2 is 1.80 bits per heavy atom. The Labute approximate surface area is 91.8 Å². The molecule has 0 fully saturated rings. The molecule has 1 aromatic rings. The van der Waals surface area contributed by atoms with Gasteiger partial charge in [0.1, 0.15) is 6.61 Å². The Hall–Kier alpha value is -0.870. The maximum Gasteiger partial charge on any atom is 0.190 e. The van der Waals surface area contributed by atoms with Gasteiger partial charge in [0.2, 0.25) is 0 Å². The van der Waals surface area contributed by atoms with Crippen molar-refractivity contribution < 1.29 is 18.3 Å². The van der Waals surface area contributed by atoms with Gasteiger partial charge >= 0.3 is 0 Å². The van der Waals surface area contributed by atoms with Gasteiger partial charge in [-0.2, -0.15) is 0 Å². The van der Waals surface area contributed by atoms with Gasteiger partial charge in [0.25, 0.3) is 0 Å². The molecule has 0 saturated heterocycles. The van der Waals surface area contributed by atoms with Gasteiger partial charge in [-0.3, -0.25) is 0 Å². The van der Waals surface area contributed by atoms with Gasteiger partial charge in [0.05, 0.1) is 6.61 Å². The van der Waals surface area contributed by atoms with E-state index in [9.17, 15) is 8.78 Å². The van der Waals surface area contributed by atoms with E-state index >= 15 is 0 Å². The zero-order valence-electron chi connectivity index (χ0n) is 8.23. The molecule has 5 heteroatoms. The number of methoxy groups -OCH3 is 1. The van der Waals surface area contributed by atoms with E-state index in [0.29, 0.717) is 5.56 Å². The molecule has 0 radical (unpaired) electrons. The molecule has 0 aliphatic rings. The predicted molar refractivity (Wildman–Crippen MR) is 53.3 cm³/mol. The molecule has 2 nitrogen and oxygen atoms in total. The molecule has 0 aliphatic carbocycles. The average Bonchev–Trinajstić information content (AvgIpc) is 2.22. The zero-order valence-corrected chi connectivity index (χ0v) is 8.98. The topological polar surface area (TPSA) is 18.5 Å². The van der Waals surface area contributed by atoms with Gasteiger partial charge in [0.15, 0.2) is 17.4 Å². The molecule has 0 aliphatic heterocycles. The average molecular weight is 237 g/mol. The first-order chi connectivity index (χ1) is 7.19. The number of hydrogen-bond acceptors (Lipinski definition) is 2. The summed E-state index contributed by atoms with van der Waals surface area (Å²) in [5.41, 5.74) is 0.380. The molecule has 0 saturated carbocycles. The van der Waals surface area contributed by atoms with Gasteiger partial charge < -0.3 is 9.47 Å². The van der Waals surface area contributed by atoms with Crippen LogP contribution in [-0.2, 0) is 10.6 Å². The Balaban J connectivity index is 2.79. The highest BCUT2D eigenvalue weighted by Gasteiger charge is 2.12. The van der Waals surface area contributed by atoms with Gasteiger partial charge in [-0.15, -0.1) is 11.6 Å². The molecule has 0 spiro atoms. The lowest BCUT2D eigenvalue weighted by Gasteiger charge is -2.08. The SMILES string of the molecule is COCCOc1c(F)cc(CCl)cc1F. The highest BCUT2D eigenvalue weighted by Crippen LogP contribution is 2.23. The maximum absolute atomic E-state index is 13.3. The van der Waals surface area contributed by atoms with Crippen molar-refractivity contribution in [3.05, 3.63) is 29.3 Å². The van der Waals surface area contributed by atoms with E-state index in [1.54, 1.807) is 0 Å². The van der Waals surface area contributed by atoms with Gasteiger partial charge in [0, 0.05) is 13.0 Å². The summed E-state index contributed by atoms with van der Waals surface area (Å²) in [6.45, 7) is 0.376. The van der Waals surface area contributed by atoms with Crippen LogP contribution in [0.5, 0.6) is 5.75 Å². The number of halogens is 3. The molecule has 84 valence electrons. The first-order valence-corrected chi connectivity index (χ1v) is 4.88. The van der Waals surface area contributed by atoms with Crippen molar-refractivity contribution in [3.63, 3.8) is 0 Å². The maximum atomic E-state index is 13.3. The molecule has 0 aromatic heterocycles. The second-order valence-electron chi connectivity index (χ2n) is 2.86. The van der Waals surface area contributed by atoms with E-state index in [-0.39, 0.29) is 24.8 Å². The van der Waals surface area contributed by atoms with Crippen LogP contribution >= 0.6 is 11.6 Å². The Morgan fingerprint density at radius 3 is 2.27 bits per heavy atom. The highest BCUT2D eigenvalue weighted by atomic mass is 35.5. The van der Waals surface area contributed by atoms with Crippen LogP contribution in [0.25, 0.3) is 0 Å². The smallest absolute Gasteiger partial charge is 0.190 e. The summed E-state index contributed by atoms with van der Waals surface area (Å²) in [5.74, 6) is -1.82. The molecule has 0 heterocycles. The Morgan fingerprint density at radius 1 is 1.20 bits per heavy atom. The van der Waals surface area contributed by atoms with Gasteiger partial charge in [-0.1, -0.05) is 0 Å². The normalized spacial score (nSPS) is 10.4. The van der Waals surface area contributed by atoms with Crippen LogP contribution < -0.4 is 4.74 Å². The molecule has 0 bridgehead atoms. The van der Waals surface area contributed by atoms with Crippen molar-refractivity contribution in [3.8, 4) is 5.75 Å². The molecule has 0 amide bonds. The standard InChI is InChI=1S/C10H11ClF2O2/c1-14-2-3-15-10-8(12)4-7(6-11)5-9(10)13/h4-5H,2-3,6H2,1H3. The lowest BCUT2D eigenvalue weighted by Crippen LogP contribution is -2.07. The zero-order chi connectivity index (χ0) is 11.3. The summed E-state index contributed by atoms with van der Waals surface area (Å²) >= 11 is 5.46. The van der Waals surface area contributed by atoms with Crippen LogP contribution in [0.4, 0.5) is 8.78 Å². The summed E-state index contributed by atoms with van der Waals surface area (Å²) in [6.07, 6.45) is 0. The lowest BCUT2D eigenvalue weighted by atomic mass is 10.2. The van der Waals surface area contributed by atoms with Crippen molar-refractivity contribution in [2.45, 2.75) is 5.88 Å². The number of hydrogen-bond donors (Lipinski definition) is 0. The predicted octanol–water partition coefficient (Wildman–Crippen LogP) is 2.73. The highest BCUT2D eigenvalue weighted by molar-refractivity contribution is 6.17. The second-order valence-corrected chi connectivity index (χ2v) is 3.13. The number of rotatable bonds is 5. The summed E-state index contributed by atoms with van der Waals surface area (Å²) in [5, 5.41) is 0. The van der Waals surface area contributed by atoms with E-state index in [0.717, 1.165) is 12.1 Å². The van der Waals surface area contributed by atoms with Gasteiger partial charge in [-0.05, 0) is 17.7 Å². The second kappa shape index (κ2) is 5.88. The quantitative estimate of drug-likeness (QED) is 0.578. The van der Waals surface area contributed by atoms with Crippen molar-refractivity contribution in [1.29, 1.82) is 0 Å². The van der Waals surface area contributed by atoms with Crippen LogP contribution in [-0.4, -0.2) is 20.3 Å². The van der Waals surface area contributed by atoms with Crippen LogP contribution in [0.15, 0.2) is 12.1 Å². The molecule has 15 heavy (non-hydrogen) atoms. The van der Waals surface area contributed by atoms with E-state index in [1.165, 1.54) is 7.11 Å². The molecule has 0 atom stereocenters. The van der Waals surface area contributed by atoms with Crippen LogP contribution in [0, 0.1) is 11.6 Å². The van der Waals surface area contributed by atoms with E-state index in [4.69, 9.17) is 21.1 Å². The monoisotopic (exact) mass is 236 g/mol. The third-order valence-corrected chi connectivity index (χ3v) is 2.05. The van der Waals surface area contributed by atoms with E-state index in [2.05, 4.69) is 0 Å². The fourth-order valence-corrected chi connectivity index (χ4v) is 1.21. The first-order valence-electron chi connectivity index (χ1n) is 4.34. The third kappa shape index (κ3) is 3.32. The fourth-order valence-electron chi connectivity index (χ4n) is 1.05. The lowest BCUT2D eigenvalue weighted by molar-refractivity contribution is 0.141. The molecule has 0 N–H and O–H groups in total. The molecular formula is C10H11ClF2O2. The minimum atomic E-state index is -0.748. The fraction of sp³-hybridized carbons (Fsp3) is 0.400.